The average Bonchev–Trinajstić information content (AvgIpc) is 1.73. The summed E-state index contributed by atoms with van der Waals surface area (Å²) < 4.78 is 0.722. The van der Waals surface area contributed by atoms with Crippen molar-refractivity contribution in [2.75, 3.05) is 94.9 Å². The van der Waals surface area contributed by atoms with Crippen molar-refractivity contribution in [3.63, 3.8) is 0 Å². The van der Waals surface area contributed by atoms with Gasteiger partial charge in [-0.3, -0.25) is 44.7 Å². The zero-order valence-electron chi connectivity index (χ0n) is 50.6. The number of carbonyl (C=O) groups excluding carboxylic acids is 3. The van der Waals surface area contributed by atoms with E-state index in [-0.39, 0.29) is 74.3 Å². The van der Waals surface area contributed by atoms with Gasteiger partial charge in [-0.25, -0.2) is 29.9 Å². The van der Waals surface area contributed by atoms with Crippen LogP contribution in [0.1, 0.15) is 86.7 Å². The van der Waals surface area contributed by atoms with Crippen LogP contribution in [0.4, 0.5) is 17.5 Å². The van der Waals surface area contributed by atoms with Gasteiger partial charge in [-0.2, -0.15) is 0 Å². The Hall–Kier alpha value is -9.46. The summed E-state index contributed by atoms with van der Waals surface area (Å²) >= 11 is 4.13. The lowest BCUT2D eigenvalue weighted by molar-refractivity contribution is -0.404. The lowest BCUT2D eigenvalue weighted by Gasteiger charge is -2.43. The highest BCUT2D eigenvalue weighted by Crippen LogP contribution is 2.39. The number of piperidine rings is 3. The number of rotatable bonds is 20. The Morgan fingerprint density at radius 2 is 0.813 bits per heavy atom. The molecule has 3 aromatic carbocycles. The molecule has 0 bridgehead atoms. The van der Waals surface area contributed by atoms with Crippen molar-refractivity contribution in [3.8, 4) is 0 Å². The fourth-order valence-electron chi connectivity index (χ4n) is 10.7. The third-order valence-corrected chi connectivity index (χ3v) is 18.5. The number of nitrogens with one attached hydrogen (secondary N) is 4. The zero-order chi connectivity index (χ0) is 65.8. The second kappa shape index (κ2) is 35.1. The van der Waals surface area contributed by atoms with E-state index in [2.05, 4.69) is 75.4 Å². The predicted molar refractivity (Wildman–Crippen MR) is 354 cm³/mol. The van der Waals surface area contributed by atoms with Gasteiger partial charge in [0, 0.05) is 99.2 Å². The average molecular weight is 1300 g/mol. The zero-order valence-corrected chi connectivity index (χ0v) is 53.0. The molecule has 12 N–H and O–H groups in total. The maximum atomic E-state index is 12.6. The van der Waals surface area contributed by atoms with E-state index in [1.165, 1.54) is 78.0 Å². The molecule has 6 heterocycles. The molecule has 0 spiro atoms. The summed E-state index contributed by atoms with van der Waals surface area (Å²) in [6, 6.07) is 30.3. The van der Waals surface area contributed by atoms with E-state index in [1.807, 2.05) is 90.4 Å². The summed E-state index contributed by atoms with van der Waals surface area (Å²) in [6.45, 7) is 5.61. The first kappa shape index (κ1) is 70.6. The monoisotopic (exact) mass is 1300 g/mol. The molecule has 91 heavy (non-hydrogen) atoms. The molecule has 3 saturated heterocycles. The van der Waals surface area contributed by atoms with Crippen LogP contribution in [0.15, 0.2) is 162 Å². The molecule has 3 aliphatic heterocycles. The first-order chi connectivity index (χ1) is 43.8. The van der Waals surface area contributed by atoms with Crippen LogP contribution in [0.25, 0.3) is 0 Å². The van der Waals surface area contributed by atoms with Crippen molar-refractivity contribution in [2.24, 2.45) is 5.73 Å². The van der Waals surface area contributed by atoms with Crippen LogP contribution in [0, 0.1) is 30.3 Å². The smallest absolute Gasteiger partial charge is 0.274 e. The molecule has 3 amide bonds. The van der Waals surface area contributed by atoms with Crippen molar-refractivity contribution in [1.82, 2.24) is 61.0 Å². The molecule has 31 heteroatoms. The first-order valence-corrected chi connectivity index (χ1v) is 32.3. The minimum Gasteiger partial charge on any atom is -0.382 e. The molecule has 3 fully saturated rings. The molecule has 0 radical (unpaired) electrons. The van der Waals surface area contributed by atoms with Crippen LogP contribution < -0.4 is 44.2 Å². The molecule has 6 aromatic rings. The quantitative estimate of drug-likeness (QED) is 0.0320. The Morgan fingerprint density at radius 3 is 1.11 bits per heavy atom. The molecular weight excluding hydrogens is 1230 g/mol. The van der Waals surface area contributed by atoms with Gasteiger partial charge >= 0.3 is 0 Å². The van der Waals surface area contributed by atoms with E-state index in [0.29, 0.717) is 63.7 Å². The van der Waals surface area contributed by atoms with E-state index in [9.17, 15) is 44.7 Å². The Kier molecular flexibility index (Phi) is 27.2. The minimum absolute atomic E-state index is 0.0564. The maximum absolute atomic E-state index is 12.6. The Bertz CT molecular complexity index is 3480. The van der Waals surface area contributed by atoms with E-state index in [4.69, 9.17) is 22.9 Å². The van der Waals surface area contributed by atoms with Crippen molar-refractivity contribution >= 4 is 70.5 Å². The van der Waals surface area contributed by atoms with Crippen LogP contribution in [-0.2, 0) is 16.2 Å². The molecule has 3 aromatic heterocycles. The number of nitro groups is 3. The van der Waals surface area contributed by atoms with Crippen molar-refractivity contribution in [2.45, 2.75) is 54.8 Å². The summed E-state index contributed by atoms with van der Waals surface area (Å²) in [5, 5.41) is 44.4. The number of nitrogens with zero attached hydrogens (tertiary/aromatic N) is 11. The topological polar surface area (TPSA) is 417 Å². The second-order valence-electron chi connectivity index (χ2n) is 21.0. The van der Waals surface area contributed by atoms with E-state index in [0.717, 1.165) is 72.7 Å². The maximum Gasteiger partial charge on any atom is 0.274 e. The highest BCUT2D eigenvalue weighted by Gasteiger charge is 2.40. The van der Waals surface area contributed by atoms with E-state index >= 15 is 0 Å². The van der Waals surface area contributed by atoms with E-state index < -0.39 is 14.8 Å². The van der Waals surface area contributed by atoms with Gasteiger partial charge in [-0.15, -0.1) is 35.3 Å². The van der Waals surface area contributed by atoms with Crippen molar-refractivity contribution in [3.05, 3.63) is 226 Å². The predicted octanol–water partition coefficient (Wildman–Crippen LogP) is 6.02. The second-order valence-corrected chi connectivity index (χ2v) is 23.8. The number of nitrogens with two attached hydrogens (primary N) is 4. The Balaban J connectivity index is 0.000000204. The molecule has 0 atom stereocenters. The van der Waals surface area contributed by atoms with Gasteiger partial charge in [-0.05, 0) is 87.1 Å². The van der Waals surface area contributed by atoms with Crippen LogP contribution in [0.2, 0.25) is 0 Å². The van der Waals surface area contributed by atoms with Crippen molar-refractivity contribution in [1.29, 1.82) is 0 Å². The van der Waals surface area contributed by atoms with Gasteiger partial charge in [0.05, 0.1) is 14.8 Å². The van der Waals surface area contributed by atoms with Crippen LogP contribution in [-0.4, -0.2) is 150 Å². The number of thioether (sulfide) groups is 3. The van der Waals surface area contributed by atoms with Gasteiger partial charge in [0.25, 0.3) is 36.3 Å². The fourth-order valence-corrected chi connectivity index (χ4v) is 12.4. The first-order valence-electron chi connectivity index (χ1n) is 28.6. The fraction of sp³-hybridized carbons (Fsp3) is 0.350. The normalized spacial score (nSPS) is 15.6. The van der Waals surface area contributed by atoms with Gasteiger partial charge in [0.2, 0.25) is 0 Å². The minimum atomic E-state index is -0.556. The number of likely N-dealkylation sites (tertiary alicyclic amines) is 2. The third-order valence-electron chi connectivity index (χ3n) is 15.7. The number of anilines is 3. The number of hydrogen-bond acceptors (Lipinski definition) is 25. The highest BCUT2D eigenvalue weighted by molar-refractivity contribution is 8.21. The number of amides is 3. The van der Waals surface area contributed by atoms with Gasteiger partial charge in [-0.1, -0.05) is 91.0 Å². The number of hydrogen-bond donors (Lipinski definition) is 8. The highest BCUT2D eigenvalue weighted by atomic mass is 32.2. The summed E-state index contributed by atoms with van der Waals surface area (Å²) in [5.74, 6) is -0.571. The lowest BCUT2D eigenvalue weighted by Crippen LogP contribution is -2.49. The van der Waals surface area contributed by atoms with Gasteiger partial charge < -0.3 is 54.0 Å². The van der Waals surface area contributed by atoms with Crippen LogP contribution in [0.3, 0.4) is 0 Å². The van der Waals surface area contributed by atoms with Gasteiger partial charge in [0.15, 0.2) is 40.4 Å². The summed E-state index contributed by atoms with van der Waals surface area (Å²) in [6.07, 6.45) is 21.8. The summed E-state index contributed by atoms with van der Waals surface area (Å²) in [7, 11) is 0. The molecule has 482 valence electrons. The molecule has 28 nitrogen and oxygen atoms in total. The van der Waals surface area contributed by atoms with Crippen LogP contribution in [0.5, 0.6) is 0 Å². The van der Waals surface area contributed by atoms with Crippen LogP contribution >= 0.6 is 35.3 Å². The summed E-state index contributed by atoms with van der Waals surface area (Å²) in [5.41, 5.74) is 26.3. The Labute approximate surface area is 539 Å². The number of nitrogen functional groups attached to an aromatic ring is 3. The summed E-state index contributed by atoms with van der Waals surface area (Å²) in [4.78, 5) is 95.2. The SMILES string of the molecule is CS/C(=C\[N+](=O)[O-])N1CCC(CNC(=O)c2nccnc2N)(c2ccccc2)CC1.CSC(=C[N+](=O)[O-])SC.N/C(=C\[N+](=O)[O-])N1CCC(CNC(=O)c2nccnc2N)(c2ccccc2)CC1.Nc1nccnc1C(=O)NCC1(c2ccccc2)CCNCC1. The third kappa shape index (κ3) is 20.5. The van der Waals surface area contributed by atoms with Gasteiger partial charge in [0.1, 0.15) is 9.27 Å². The number of aromatic nitrogens is 6. The molecule has 9 rings (SSSR count). The molecule has 0 aliphatic carbocycles. The standard InChI is InChI=1S/C20H24N6O3S.C19H23N7O3.C17H21N5O.C4H7NO2S2/c1-30-16(13-26(28)29)25-11-7-20(8-12-25,15-5-3-2-4-6-15)14-24-19(27)17-18(21)23-10-9-22-17;20-15(12-26(28)29)25-10-6-19(7-11-25,14-4-2-1-3-5-14)13-24-18(27)16-17(21)23-9-8-22-16;18-15-14(20-10-11-21-15)16(23)22-12-17(6-8-19-9-7-17)13-4-2-1-3-5-13;1-8-4(9-2)3-5(6)7/h2-6,9-10,13H,7-8,11-12,14H2,1H3,(H2,21,23)(H,24,27);1-5,8-9,12H,6-7,10-11,13,20H2,(H2,21,23)(H,24,27);1-5,10-11,19H,6-9,12H2,(H2,18,21)(H,22,23);3H,1-2H3/b16-13-;15-12+;;. The molecule has 3 aliphatic rings. The van der Waals surface area contributed by atoms with E-state index in [1.54, 1.807) is 4.90 Å². The van der Waals surface area contributed by atoms with Crippen molar-refractivity contribution < 1.29 is 29.2 Å². The molecule has 0 saturated carbocycles. The molecule has 0 unspecified atom stereocenters. The number of carbonyl (C=O) groups is 3. The number of benzene rings is 3. The Morgan fingerprint density at radius 1 is 0.495 bits per heavy atom. The lowest BCUT2D eigenvalue weighted by atomic mass is 9.72. The molecular formula is C60H75N19O9S3. The largest absolute Gasteiger partial charge is 0.382 e.